The first-order valence-corrected chi connectivity index (χ1v) is 5.25. The van der Waals surface area contributed by atoms with Gasteiger partial charge in [-0.25, -0.2) is 9.97 Å². The molecule has 1 atom stereocenters. The molecule has 0 aliphatic rings. The van der Waals surface area contributed by atoms with Crippen LogP contribution in [0.5, 0.6) is 0 Å². The van der Waals surface area contributed by atoms with Gasteiger partial charge >= 0.3 is 0 Å². The lowest BCUT2D eigenvalue weighted by Crippen LogP contribution is -2.38. The zero-order valence-electron chi connectivity index (χ0n) is 9.53. The topological polar surface area (TPSA) is 92.9 Å². The van der Waals surface area contributed by atoms with Crippen LogP contribution in [0.4, 0.5) is 11.6 Å². The van der Waals surface area contributed by atoms with E-state index in [2.05, 4.69) is 20.6 Å². The third kappa shape index (κ3) is 3.72. The highest BCUT2D eigenvalue weighted by Gasteiger charge is 2.12. The predicted octanol–water partition coefficient (Wildman–Crippen LogP) is 0.385. The monoisotopic (exact) mass is 223 g/mol. The van der Waals surface area contributed by atoms with Crippen LogP contribution in [-0.4, -0.2) is 28.5 Å². The van der Waals surface area contributed by atoms with Gasteiger partial charge in [-0.05, 0) is 13.3 Å². The van der Waals surface area contributed by atoms with Crippen molar-refractivity contribution in [1.29, 1.82) is 0 Å². The molecule has 88 valence electrons. The Kier molecular flexibility index (Phi) is 4.50. The van der Waals surface area contributed by atoms with Crippen LogP contribution >= 0.6 is 0 Å². The minimum Gasteiger partial charge on any atom is -0.396 e. The van der Waals surface area contributed by atoms with E-state index in [0.29, 0.717) is 18.2 Å². The lowest BCUT2D eigenvalue weighted by atomic mass is 10.3. The Bertz CT molecular complexity index is 338. The quantitative estimate of drug-likeness (QED) is 0.671. The summed E-state index contributed by atoms with van der Waals surface area (Å²) in [4.78, 5) is 19.4. The van der Waals surface area contributed by atoms with Crippen LogP contribution in [0.3, 0.4) is 0 Å². The van der Waals surface area contributed by atoms with Crippen molar-refractivity contribution >= 4 is 17.5 Å². The van der Waals surface area contributed by atoms with Gasteiger partial charge < -0.3 is 16.4 Å². The van der Waals surface area contributed by atoms with Crippen molar-refractivity contribution in [3.8, 4) is 0 Å². The average Bonchev–Trinajstić information content (AvgIpc) is 2.29. The Hall–Kier alpha value is -1.85. The molecule has 0 saturated carbocycles. The van der Waals surface area contributed by atoms with Crippen molar-refractivity contribution in [3.63, 3.8) is 0 Å². The molecule has 0 bridgehead atoms. The van der Waals surface area contributed by atoms with Crippen LogP contribution in [-0.2, 0) is 4.79 Å². The van der Waals surface area contributed by atoms with Gasteiger partial charge in [-0.1, -0.05) is 6.92 Å². The summed E-state index contributed by atoms with van der Waals surface area (Å²) in [5, 5.41) is 5.67. The molecule has 1 aromatic rings. The van der Waals surface area contributed by atoms with E-state index in [1.165, 1.54) is 12.4 Å². The zero-order chi connectivity index (χ0) is 12.0. The molecule has 4 N–H and O–H groups in total. The third-order valence-corrected chi connectivity index (χ3v) is 1.96. The number of rotatable bonds is 5. The fraction of sp³-hybridized carbons (Fsp3) is 0.500. The van der Waals surface area contributed by atoms with Gasteiger partial charge in [0.15, 0.2) is 0 Å². The van der Waals surface area contributed by atoms with Gasteiger partial charge in [-0.3, -0.25) is 4.79 Å². The maximum absolute atomic E-state index is 11.5. The molecule has 0 spiro atoms. The van der Waals surface area contributed by atoms with E-state index in [9.17, 15) is 4.79 Å². The molecule has 0 radical (unpaired) electrons. The van der Waals surface area contributed by atoms with Gasteiger partial charge in [0, 0.05) is 6.54 Å². The first-order valence-electron chi connectivity index (χ1n) is 5.25. The fourth-order valence-corrected chi connectivity index (χ4v) is 1.07. The molecule has 1 unspecified atom stereocenters. The first kappa shape index (κ1) is 12.2. The normalized spacial score (nSPS) is 11.9. The van der Waals surface area contributed by atoms with Gasteiger partial charge in [-0.2, -0.15) is 0 Å². The summed E-state index contributed by atoms with van der Waals surface area (Å²) in [6, 6.07) is -0.366. The van der Waals surface area contributed by atoms with Crippen LogP contribution in [0.2, 0.25) is 0 Å². The van der Waals surface area contributed by atoms with E-state index in [1.807, 2.05) is 6.92 Å². The molecular weight excluding hydrogens is 206 g/mol. The minimum atomic E-state index is -0.366. The smallest absolute Gasteiger partial charge is 0.242 e. The second-order valence-electron chi connectivity index (χ2n) is 3.50. The Balaban J connectivity index is 2.47. The van der Waals surface area contributed by atoms with Crippen molar-refractivity contribution in [1.82, 2.24) is 15.3 Å². The van der Waals surface area contributed by atoms with Crippen molar-refractivity contribution in [2.45, 2.75) is 26.3 Å². The summed E-state index contributed by atoms with van der Waals surface area (Å²) in [5.41, 5.74) is 5.95. The Morgan fingerprint density at radius 2 is 2.12 bits per heavy atom. The van der Waals surface area contributed by atoms with E-state index in [4.69, 9.17) is 5.73 Å². The molecule has 16 heavy (non-hydrogen) atoms. The molecule has 1 aromatic heterocycles. The van der Waals surface area contributed by atoms with Crippen LogP contribution in [0.25, 0.3) is 0 Å². The Morgan fingerprint density at radius 3 is 2.69 bits per heavy atom. The number of carbonyl (C=O) groups excluding carboxylic acids is 1. The molecule has 0 saturated heterocycles. The van der Waals surface area contributed by atoms with Crippen LogP contribution in [0, 0.1) is 0 Å². The largest absolute Gasteiger partial charge is 0.396 e. The van der Waals surface area contributed by atoms with E-state index in [1.54, 1.807) is 6.92 Å². The maximum atomic E-state index is 11.5. The molecule has 6 heteroatoms. The number of aromatic nitrogens is 2. The standard InChI is InChI=1S/C10H17N5O/c1-3-4-12-9(16)7(2)15-10-13-5-8(11)6-14-10/h5-7H,3-4,11H2,1-2H3,(H,12,16)(H,13,14,15). The molecular formula is C10H17N5O. The molecule has 1 heterocycles. The van der Waals surface area contributed by atoms with Crippen LogP contribution in [0.15, 0.2) is 12.4 Å². The number of amides is 1. The number of nitrogens with zero attached hydrogens (tertiary/aromatic N) is 2. The fourth-order valence-electron chi connectivity index (χ4n) is 1.07. The minimum absolute atomic E-state index is 0.0673. The summed E-state index contributed by atoms with van der Waals surface area (Å²) in [6.45, 7) is 4.43. The maximum Gasteiger partial charge on any atom is 0.242 e. The van der Waals surface area contributed by atoms with E-state index < -0.39 is 0 Å². The highest BCUT2D eigenvalue weighted by molar-refractivity contribution is 5.83. The predicted molar refractivity (Wildman–Crippen MR) is 62.8 cm³/mol. The van der Waals surface area contributed by atoms with Gasteiger partial charge in [-0.15, -0.1) is 0 Å². The Morgan fingerprint density at radius 1 is 1.50 bits per heavy atom. The lowest BCUT2D eigenvalue weighted by Gasteiger charge is -2.13. The SMILES string of the molecule is CCCNC(=O)C(C)Nc1ncc(N)cn1. The average molecular weight is 223 g/mol. The molecule has 0 aliphatic heterocycles. The van der Waals surface area contributed by atoms with Crippen molar-refractivity contribution in [2.24, 2.45) is 0 Å². The molecule has 1 rings (SSSR count). The second-order valence-corrected chi connectivity index (χ2v) is 3.50. The zero-order valence-corrected chi connectivity index (χ0v) is 9.53. The van der Waals surface area contributed by atoms with Crippen LogP contribution < -0.4 is 16.4 Å². The number of anilines is 2. The number of nitrogen functional groups attached to an aromatic ring is 1. The number of hydrogen-bond donors (Lipinski definition) is 3. The van der Waals surface area contributed by atoms with Gasteiger partial charge in [0.1, 0.15) is 6.04 Å². The third-order valence-electron chi connectivity index (χ3n) is 1.96. The first-order chi connectivity index (χ1) is 7.63. The van der Waals surface area contributed by atoms with Crippen molar-refractivity contribution in [3.05, 3.63) is 12.4 Å². The Labute approximate surface area is 94.7 Å². The molecule has 0 aromatic carbocycles. The van der Waals surface area contributed by atoms with Crippen molar-refractivity contribution < 1.29 is 4.79 Å². The van der Waals surface area contributed by atoms with E-state index in [0.717, 1.165) is 6.42 Å². The molecule has 0 fully saturated rings. The number of carbonyl (C=O) groups is 1. The van der Waals surface area contributed by atoms with Gasteiger partial charge in [0.2, 0.25) is 11.9 Å². The summed E-state index contributed by atoms with van der Waals surface area (Å²) in [5.74, 6) is 0.329. The number of nitrogens with two attached hydrogens (primary N) is 1. The number of nitrogens with one attached hydrogen (secondary N) is 2. The van der Waals surface area contributed by atoms with Gasteiger partial charge in [0.25, 0.3) is 0 Å². The summed E-state index contributed by atoms with van der Waals surface area (Å²) in [6.07, 6.45) is 3.90. The summed E-state index contributed by atoms with van der Waals surface area (Å²) < 4.78 is 0. The van der Waals surface area contributed by atoms with E-state index in [-0.39, 0.29) is 11.9 Å². The van der Waals surface area contributed by atoms with E-state index >= 15 is 0 Å². The highest BCUT2D eigenvalue weighted by Crippen LogP contribution is 2.02. The van der Waals surface area contributed by atoms with Gasteiger partial charge in [0.05, 0.1) is 18.1 Å². The summed E-state index contributed by atoms with van der Waals surface area (Å²) in [7, 11) is 0. The lowest BCUT2D eigenvalue weighted by molar-refractivity contribution is -0.121. The molecule has 0 aliphatic carbocycles. The molecule has 6 nitrogen and oxygen atoms in total. The van der Waals surface area contributed by atoms with Crippen molar-refractivity contribution in [2.75, 3.05) is 17.6 Å². The molecule has 1 amide bonds. The second kappa shape index (κ2) is 5.89. The highest BCUT2D eigenvalue weighted by atomic mass is 16.2. The van der Waals surface area contributed by atoms with Crippen LogP contribution in [0.1, 0.15) is 20.3 Å². The number of hydrogen-bond acceptors (Lipinski definition) is 5. The summed E-state index contributed by atoms with van der Waals surface area (Å²) >= 11 is 0.